The van der Waals surface area contributed by atoms with E-state index in [-0.39, 0.29) is 30.5 Å². The Morgan fingerprint density at radius 1 is 1.31 bits per heavy atom. The molecule has 0 radical (unpaired) electrons. The van der Waals surface area contributed by atoms with Crippen LogP contribution in [0.25, 0.3) is 0 Å². The first-order valence-electron chi connectivity index (χ1n) is 8.60. The summed E-state index contributed by atoms with van der Waals surface area (Å²) in [5.41, 5.74) is 2.80. The average Bonchev–Trinajstić information content (AvgIpc) is 2.68. The van der Waals surface area contributed by atoms with Gasteiger partial charge in [0.1, 0.15) is 10.2 Å². The van der Waals surface area contributed by atoms with Gasteiger partial charge in [0.05, 0.1) is 30.6 Å². The first kappa shape index (κ1) is 21.6. The molecule has 1 aliphatic rings. The van der Waals surface area contributed by atoms with E-state index in [1.165, 1.54) is 0 Å². The summed E-state index contributed by atoms with van der Waals surface area (Å²) in [4.78, 5) is 18.2. The standard InChI is InChI=1S/C19H16BrClN4O3.ClH/c20-16-17(25-10-13-14(25)2-1-8-22-13)19(24-23-18(16)27)28-9-7-15(26)11-3-5-12(21)6-4-11;/h1-6,8,15,26H,7,9-10H2,(H,23,27);1H. The number of aromatic nitrogens is 3. The summed E-state index contributed by atoms with van der Waals surface area (Å²) in [5.74, 6) is 0.282. The molecule has 0 bridgehead atoms. The largest absolute Gasteiger partial charge is 0.475 e. The Balaban J connectivity index is 0.00000240. The average molecular weight is 500 g/mol. The smallest absolute Gasteiger partial charge is 0.280 e. The maximum absolute atomic E-state index is 12.0. The molecule has 1 aliphatic heterocycles. The number of anilines is 2. The summed E-state index contributed by atoms with van der Waals surface area (Å²) in [6.07, 6.45) is 1.40. The molecule has 10 heteroatoms. The Morgan fingerprint density at radius 2 is 2.07 bits per heavy atom. The molecule has 7 nitrogen and oxygen atoms in total. The molecule has 2 aromatic heterocycles. The molecule has 0 saturated carbocycles. The molecule has 0 amide bonds. The SMILES string of the molecule is Cl.O=c1[nH]nc(OCCC(O)c2ccc(Cl)cc2)c(N2Cc3ncccc32)c1Br. The molecular formula is C19H17BrCl2N4O3. The lowest BCUT2D eigenvalue weighted by molar-refractivity contribution is 0.139. The lowest BCUT2D eigenvalue weighted by Crippen LogP contribution is -2.31. The molecule has 3 aromatic rings. The highest BCUT2D eigenvalue weighted by Gasteiger charge is 2.31. The zero-order valence-electron chi connectivity index (χ0n) is 15.0. The van der Waals surface area contributed by atoms with E-state index in [0.717, 1.165) is 16.9 Å². The first-order chi connectivity index (χ1) is 13.5. The van der Waals surface area contributed by atoms with E-state index in [0.29, 0.717) is 28.1 Å². The molecule has 1 unspecified atom stereocenters. The normalized spacial score (nSPS) is 13.1. The van der Waals surface area contributed by atoms with Crippen LogP contribution < -0.4 is 15.2 Å². The minimum Gasteiger partial charge on any atom is -0.475 e. The van der Waals surface area contributed by atoms with Gasteiger partial charge in [0.15, 0.2) is 0 Å². The summed E-state index contributed by atoms with van der Waals surface area (Å²) >= 11 is 9.21. The van der Waals surface area contributed by atoms with Crippen LogP contribution in [-0.2, 0) is 6.54 Å². The van der Waals surface area contributed by atoms with Crippen LogP contribution in [0.2, 0.25) is 5.02 Å². The van der Waals surface area contributed by atoms with Gasteiger partial charge in [0, 0.05) is 17.6 Å². The quantitative estimate of drug-likeness (QED) is 0.529. The number of H-pyrrole nitrogens is 1. The highest BCUT2D eigenvalue weighted by molar-refractivity contribution is 9.10. The van der Waals surface area contributed by atoms with Crippen LogP contribution in [0.1, 0.15) is 23.8 Å². The van der Waals surface area contributed by atoms with Gasteiger partial charge in [-0.2, -0.15) is 0 Å². The highest BCUT2D eigenvalue weighted by Crippen LogP contribution is 2.44. The summed E-state index contributed by atoms with van der Waals surface area (Å²) in [5, 5.41) is 17.4. The van der Waals surface area contributed by atoms with Crippen LogP contribution in [0.15, 0.2) is 51.9 Å². The van der Waals surface area contributed by atoms with Crippen LogP contribution in [0.3, 0.4) is 0 Å². The third-order valence-corrected chi connectivity index (χ3v) is 5.48. The number of hydrogen-bond donors (Lipinski definition) is 2. The second kappa shape index (κ2) is 9.13. The topological polar surface area (TPSA) is 91.3 Å². The molecule has 0 saturated heterocycles. The molecule has 0 fully saturated rings. The van der Waals surface area contributed by atoms with Crippen LogP contribution in [0, 0.1) is 0 Å². The van der Waals surface area contributed by atoms with E-state index < -0.39 is 6.10 Å². The van der Waals surface area contributed by atoms with E-state index in [1.54, 1.807) is 30.5 Å². The van der Waals surface area contributed by atoms with E-state index in [1.807, 2.05) is 17.0 Å². The number of nitrogens with zero attached hydrogens (tertiary/aromatic N) is 3. The molecule has 2 N–H and O–H groups in total. The van der Waals surface area contributed by atoms with Gasteiger partial charge < -0.3 is 14.7 Å². The molecular weight excluding hydrogens is 483 g/mol. The van der Waals surface area contributed by atoms with Crippen LogP contribution >= 0.6 is 39.9 Å². The minimum atomic E-state index is -0.694. The summed E-state index contributed by atoms with van der Waals surface area (Å²) in [7, 11) is 0. The van der Waals surface area contributed by atoms with Crippen molar-refractivity contribution in [1.82, 2.24) is 15.2 Å². The second-order valence-electron chi connectivity index (χ2n) is 6.28. The summed E-state index contributed by atoms with van der Waals surface area (Å²) in [6, 6.07) is 10.8. The van der Waals surface area contributed by atoms with Gasteiger partial charge in [-0.3, -0.25) is 9.78 Å². The van der Waals surface area contributed by atoms with Crippen LogP contribution in [0.5, 0.6) is 5.88 Å². The van der Waals surface area contributed by atoms with Crippen molar-refractivity contribution in [3.05, 3.63) is 73.7 Å². The van der Waals surface area contributed by atoms with E-state index in [9.17, 15) is 9.90 Å². The third-order valence-electron chi connectivity index (χ3n) is 4.49. The van der Waals surface area contributed by atoms with E-state index in [4.69, 9.17) is 16.3 Å². The number of aliphatic hydroxyl groups excluding tert-OH is 1. The number of ether oxygens (including phenoxy) is 1. The Hall–Kier alpha value is -2.13. The van der Waals surface area contributed by atoms with Gasteiger partial charge >= 0.3 is 0 Å². The summed E-state index contributed by atoms with van der Waals surface area (Å²) in [6.45, 7) is 0.777. The number of aliphatic hydroxyl groups is 1. The fraction of sp³-hybridized carbons (Fsp3) is 0.211. The Kier molecular flexibility index (Phi) is 6.79. The van der Waals surface area contributed by atoms with Crippen LogP contribution in [0.4, 0.5) is 11.4 Å². The number of rotatable bonds is 6. The Morgan fingerprint density at radius 3 is 2.79 bits per heavy atom. The number of nitrogens with one attached hydrogen (secondary N) is 1. The first-order valence-corrected chi connectivity index (χ1v) is 9.77. The van der Waals surface area contributed by atoms with Crippen molar-refractivity contribution in [2.75, 3.05) is 11.5 Å². The lowest BCUT2D eigenvalue weighted by atomic mass is 10.1. The van der Waals surface area contributed by atoms with Gasteiger partial charge in [0.25, 0.3) is 11.4 Å². The lowest BCUT2D eigenvalue weighted by Gasteiger charge is -2.35. The predicted octanol–water partition coefficient (Wildman–Crippen LogP) is 4.16. The van der Waals surface area contributed by atoms with Crippen molar-refractivity contribution >= 4 is 51.3 Å². The fourth-order valence-electron chi connectivity index (χ4n) is 3.00. The maximum Gasteiger partial charge on any atom is 0.280 e. The van der Waals surface area contributed by atoms with Crippen LogP contribution in [-0.4, -0.2) is 26.9 Å². The molecule has 1 atom stereocenters. The van der Waals surface area contributed by atoms with E-state index >= 15 is 0 Å². The molecule has 0 spiro atoms. The monoisotopic (exact) mass is 498 g/mol. The van der Waals surface area contributed by atoms with Gasteiger partial charge in [-0.15, -0.1) is 17.5 Å². The minimum absolute atomic E-state index is 0. The highest BCUT2D eigenvalue weighted by atomic mass is 79.9. The molecule has 1 aromatic carbocycles. The molecule has 29 heavy (non-hydrogen) atoms. The number of hydrogen-bond acceptors (Lipinski definition) is 6. The van der Waals surface area contributed by atoms with Crippen molar-refractivity contribution in [3.8, 4) is 5.88 Å². The predicted molar refractivity (Wildman–Crippen MR) is 116 cm³/mol. The van der Waals surface area contributed by atoms with Crippen molar-refractivity contribution in [2.24, 2.45) is 0 Å². The van der Waals surface area contributed by atoms with Crippen molar-refractivity contribution in [1.29, 1.82) is 0 Å². The van der Waals surface area contributed by atoms with Crippen molar-refractivity contribution in [3.63, 3.8) is 0 Å². The third kappa shape index (κ3) is 4.40. The molecule has 152 valence electrons. The van der Waals surface area contributed by atoms with Gasteiger partial charge in [0.2, 0.25) is 0 Å². The maximum atomic E-state index is 12.0. The summed E-state index contributed by atoms with van der Waals surface area (Å²) < 4.78 is 6.14. The number of halogens is 3. The van der Waals surface area contributed by atoms with Gasteiger partial charge in [-0.1, -0.05) is 23.7 Å². The Bertz CT molecular complexity index is 1060. The van der Waals surface area contributed by atoms with Crippen molar-refractivity contribution < 1.29 is 9.84 Å². The number of fused-ring (bicyclic) bond motifs is 1. The Labute approximate surface area is 186 Å². The van der Waals surface area contributed by atoms with E-state index in [2.05, 4.69) is 31.1 Å². The van der Waals surface area contributed by atoms with Gasteiger partial charge in [-0.05, 0) is 45.8 Å². The molecule has 3 heterocycles. The second-order valence-corrected chi connectivity index (χ2v) is 7.51. The number of pyridine rings is 1. The zero-order chi connectivity index (χ0) is 19.7. The number of benzene rings is 1. The van der Waals surface area contributed by atoms with Crippen molar-refractivity contribution in [2.45, 2.75) is 19.1 Å². The fourth-order valence-corrected chi connectivity index (χ4v) is 3.60. The number of aromatic amines is 1. The molecule has 4 rings (SSSR count). The molecule has 0 aliphatic carbocycles. The zero-order valence-corrected chi connectivity index (χ0v) is 18.2. The van der Waals surface area contributed by atoms with Gasteiger partial charge in [-0.25, -0.2) is 5.10 Å².